The zero-order valence-corrected chi connectivity index (χ0v) is 23.2. The molecule has 3 heterocycles. The third-order valence-electron chi connectivity index (χ3n) is 6.67. The minimum atomic E-state index is -0.304. The van der Waals surface area contributed by atoms with E-state index in [1.807, 2.05) is 78.2 Å². The highest BCUT2D eigenvalue weighted by Gasteiger charge is 2.34. The summed E-state index contributed by atoms with van der Waals surface area (Å²) >= 11 is 1.59. The highest BCUT2D eigenvalue weighted by atomic mass is 32.1. The molecule has 0 fully saturated rings. The summed E-state index contributed by atoms with van der Waals surface area (Å²) in [6.07, 6.45) is 0.575. The van der Waals surface area contributed by atoms with Gasteiger partial charge in [0.15, 0.2) is 18.1 Å². The van der Waals surface area contributed by atoms with Gasteiger partial charge in [-0.05, 0) is 65.5 Å². The third kappa shape index (κ3) is 5.55. The summed E-state index contributed by atoms with van der Waals surface area (Å²) in [5.41, 5.74) is 3.34. The number of benzene rings is 3. The van der Waals surface area contributed by atoms with Crippen molar-refractivity contribution in [1.29, 1.82) is 0 Å². The molecule has 2 aromatic heterocycles. The predicted molar refractivity (Wildman–Crippen MR) is 155 cm³/mol. The van der Waals surface area contributed by atoms with Gasteiger partial charge in [0.05, 0.1) is 30.9 Å². The molecule has 0 saturated carbocycles. The van der Waals surface area contributed by atoms with Crippen molar-refractivity contribution >= 4 is 23.0 Å². The molecule has 0 radical (unpaired) electrons. The number of nitrogens with zero attached hydrogens (tertiary/aromatic N) is 4. The quantitative estimate of drug-likeness (QED) is 0.208. The lowest BCUT2D eigenvalue weighted by Gasteiger charge is -2.23. The predicted octanol–water partition coefficient (Wildman–Crippen LogP) is 6.24. The van der Waals surface area contributed by atoms with E-state index in [2.05, 4.69) is 10.2 Å². The van der Waals surface area contributed by atoms with E-state index in [4.69, 9.17) is 23.7 Å². The van der Waals surface area contributed by atoms with E-state index in [9.17, 15) is 4.79 Å². The van der Waals surface area contributed by atoms with Crippen LogP contribution in [0.5, 0.6) is 17.2 Å². The largest absolute Gasteiger partial charge is 0.493 e. The molecule has 10 heteroatoms. The van der Waals surface area contributed by atoms with Gasteiger partial charge >= 0.3 is 0 Å². The summed E-state index contributed by atoms with van der Waals surface area (Å²) in [6.45, 7) is -0.178. The average Bonchev–Trinajstić information content (AvgIpc) is 3.81. The van der Waals surface area contributed by atoms with Gasteiger partial charge in [0.25, 0.3) is 5.91 Å². The molecule has 41 heavy (non-hydrogen) atoms. The first kappa shape index (κ1) is 26.3. The van der Waals surface area contributed by atoms with Gasteiger partial charge < -0.3 is 18.6 Å². The standard InChI is InChI=1S/C31H26N4O5S/c1-37-26-15-12-22(17-27(26)38-2)25-18-24(28-9-6-16-41-28)34-35(25)29(36)19-39-23-13-10-21(11-14-23)31-33-32-30(40-31)20-7-4-3-5-8-20/h3-17,25H,18-19H2,1-2H3. The number of aromatic nitrogens is 2. The summed E-state index contributed by atoms with van der Waals surface area (Å²) in [5.74, 6) is 2.34. The third-order valence-corrected chi connectivity index (χ3v) is 7.59. The van der Waals surface area contributed by atoms with E-state index in [1.165, 1.54) is 5.01 Å². The number of amides is 1. The number of thiophene rings is 1. The van der Waals surface area contributed by atoms with Crippen molar-refractivity contribution < 1.29 is 23.4 Å². The summed E-state index contributed by atoms with van der Waals surface area (Å²) < 4.78 is 22.6. The van der Waals surface area contributed by atoms with Crippen molar-refractivity contribution in [2.24, 2.45) is 5.10 Å². The van der Waals surface area contributed by atoms with E-state index in [0.29, 0.717) is 35.5 Å². The molecule has 1 atom stereocenters. The van der Waals surface area contributed by atoms with Crippen LogP contribution in [-0.2, 0) is 4.79 Å². The molecular weight excluding hydrogens is 540 g/mol. The maximum atomic E-state index is 13.4. The molecule has 0 aliphatic carbocycles. The van der Waals surface area contributed by atoms with Crippen LogP contribution in [-0.4, -0.2) is 47.7 Å². The number of hydrogen-bond donors (Lipinski definition) is 0. The first-order chi connectivity index (χ1) is 20.1. The Bertz CT molecular complexity index is 1670. The molecule has 0 bridgehead atoms. The monoisotopic (exact) mass is 566 g/mol. The van der Waals surface area contributed by atoms with E-state index in [1.54, 1.807) is 37.7 Å². The fourth-order valence-corrected chi connectivity index (χ4v) is 5.31. The van der Waals surface area contributed by atoms with Crippen LogP contribution < -0.4 is 14.2 Å². The molecule has 3 aromatic carbocycles. The smallest absolute Gasteiger partial charge is 0.281 e. The summed E-state index contributed by atoms with van der Waals surface area (Å²) in [5, 5.41) is 16.5. The van der Waals surface area contributed by atoms with E-state index in [0.717, 1.165) is 27.3 Å². The molecular formula is C31H26N4O5S. The second kappa shape index (κ2) is 11.6. The Kier molecular flexibility index (Phi) is 7.46. The number of hydrogen-bond acceptors (Lipinski definition) is 9. The minimum absolute atomic E-state index is 0.178. The van der Waals surface area contributed by atoms with Crippen LogP contribution in [0, 0.1) is 0 Å². The number of hydrazone groups is 1. The number of methoxy groups -OCH3 is 2. The second-order valence-electron chi connectivity index (χ2n) is 9.19. The summed E-state index contributed by atoms with van der Waals surface area (Å²) in [7, 11) is 3.18. The molecule has 0 N–H and O–H groups in total. The van der Waals surface area contributed by atoms with Crippen molar-refractivity contribution in [2.75, 3.05) is 20.8 Å². The Morgan fingerprint density at radius 2 is 1.63 bits per heavy atom. The SMILES string of the molecule is COc1ccc(C2CC(c3cccs3)=NN2C(=O)COc2ccc(-c3nnc(-c4ccccc4)o3)cc2)cc1OC. The van der Waals surface area contributed by atoms with E-state index >= 15 is 0 Å². The van der Waals surface area contributed by atoms with E-state index < -0.39 is 0 Å². The van der Waals surface area contributed by atoms with Gasteiger partial charge in [0, 0.05) is 17.5 Å². The lowest BCUT2D eigenvalue weighted by atomic mass is 10.0. The Balaban J connectivity index is 1.16. The number of rotatable bonds is 9. The summed E-state index contributed by atoms with van der Waals surface area (Å²) in [6, 6.07) is 26.1. The first-order valence-electron chi connectivity index (χ1n) is 12.9. The Hall–Kier alpha value is -4.96. The molecule has 0 spiro atoms. The molecule has 1 unspecified atom stereocenters. The van der Waals surface area contributed by atoms with Crippen molar-refractivity contribution in [3.8, 4) is 40.2 Å². The maximum Gasteiger partial charge on any atom is 0.281 e. The topological polar surface area (TPSA) is 99.3 Å². The zero-order valence-electron chi connectivity index (χ0n) is 22.4. The van der Waals surface area contributed by atoms with Crippen molar-refractivity contribution in [3.63, 3.8) is 0 Å². The average molecular weight is 567 g/mol. The molecule has 6 rings (SSSR count). The zero-order chi connectivity index (χ0) is 28.2. The van der Waals surface area contributed by atoms with Gasteiger partial charge in [-0.1, -0.05) is 30.3 Å². The maximum absolute atomic E-state index is 13.4. The Labute approximate surface area is 240 Å². The molecule has 1 amide bonds. The van der Waals surface area contributed by atoms with Crippen LogP contribution >= 0.6 is 11.3 Å². The minimum Gasteiger partial charge on any atom is -0.493 e. The van der Waals surface area contributed by atoms with Crippen molar-refractivity contribution in [1.82, 2.24) is 15.2 Å². The molecule has 206 valence electrons. The Morgan fingerprint density at radius 1 is 0.902 bits per heavy atom. The van der Waals surface area contributed by atoms with Gasteiger partial charge in [-0.25, -0.2) is 5.01 Å². The molecule has 5 aromatic rings. The van der Waals surface area contributed by atoms with Crippen LogP contribution in [0.3, 0.4) is 0 Å². The van der Waals surface area contributed by atoms with Gasteiger partial charge in [0.2, 0.25) is 11.8 Å². The number of carbonyl (C=O) groups is 1. The van der Waals surface area contributed by atoms with Crippen molar-refractivity contribution in [3.05, 3.63) is 101 Å². The summed E-state index contributed by atoms with van der Waals surface area (Å²) in [4.78, 5) is 14.5. The lowest BCUT2D eigenvalue weighted by Crippen LogP contribution is -2.31. The van der Waals surface area contributed by atoms with Gasteiger partial charge in [0.1, 0.15) is 5.75 Å². The lowest BCUT2D eigenvalue weighted by molar-refractivity contribution is -0.135. The molecule has 1 aliphatic rings. The van der Waals surface area contributed by atoms with Crippen LogP contribution in [0.15, 0.2) is 99.8 Å². The highest BCUT2D eigenvalue weighted by Crippen LogP contribution is 2.38. The number of carbonyl (C=O) groups excluding carboxylic acids is 1. The Morgan fingerprint density at radius 3 is 2.32 bits per heavy atom. The molecule has 9 nitrogen and oxygen atoms in total. The van der Waals surface area contributed by atoms with E-state index in [-0.39, 0.29) is 18.6 Å². The van der Waals surface area contributed by atoms with Gasteiger partial charge in [-0.2, -0.15) is 5.10 Å². The van der Waals surface area contributed by atoms with Crippen LogP contribution in [0.4, 0.5) is 0 Å². The molecule has 1 aliphatic heterocycles. The van der Waals surface area contributed by atoms with Crippen LogP contribution in [0.1, 0.15) is 22.9 Å². The van der Waals surface area contributed by atoms with Crippen LogP contribution in [0.25, 0.3) is 22.9 Å². The first-order valence-corrected chi connectivity index (χ1v) is 13.8. The van der Waals surface area contributed by atoms with Gasteiger partial charge in [-0.15, -0.1) is 21.5 Å². The highest BCUT2D eigenvalue weighted by molar-refractivity contribution is 7.12. The fraction of sp³-hybridized carbons (Fsp3) is 0.161. The van der Waals surface area contributed by atoms with Gasteiger partial charge in [-0.3, -0.25) is 4.79 Å². The second-order valence-corrected chi connectivity index (χ2v) is 10.1. The van der Waals surface area contributed by atoms with Crippen LogP contribution in [0.2, 0.25) is 0 Å². The molecule has 0 saturated heterocycles. The normalized spacial score (nSPS) is 14.5. The number of ether oxygens (including phenoxy) is 3. The van der Waals surface area contributed by atoms with Crippen molar-refractivity contribution in [2.45, 2.75) is 12.5 Å². The fourth-order valence-electron chi connectivity index (χ4n) is 4.59.